The molecule has 0 aliphatic heterocycles. The zero-order valence-electron chi connectivity index (χ0n) is 12.6. The summed E-state index contributed by atoms with van der Waals surface area (Å²) in [4.78, 5) is 12.1. The molecule has 0 saturated carbocycles. The Morgan fingerprint density at radius 1 is 1.35 bits per heavy atom. The molecule has 0 fully saturated rings. The van der Waals surface area contributed by atoms with Gasteiger partial charge in [-0.2, -0.15) is 16.4 Å². The van der Waals surface area contributed by atoms with Crippen LogP contribution in [0.5, 0.6) is 0 Å². The second-order valence-corrected chi connectivity index (χ2v) is 6.07. The Bertz CT molecular complexity index is 779. The van der Waals surface area contributed by atoms with Crippen LogP contribution in [0, 0.1) is 6.92 Å². The number of amides is 1. The summed E-state index contributed by atoms with van der Waals surface area (Å²) in [6.45, 7) is 2.17. The smallest absolute Gasteiger partial charge is 0.251 e. The number of hydrogen-bond acceptors (Lipinski definition) is 4. The molecule has 1 atom stereocenters. The van der Waals surface area contributed by atoms with E-state index in [-0.39, 0.29) is 12.5 Å². The predicted molar refractivity (Wildman–Crippen MR) is 89.9 cm³/mol. The van der Waals surface area contributed by atoms with Gasteiger partial charge in [-0.05, 0) is 59.1 Å². The minimum absolute atomic E-state index is 0.190. The molecule has 1 aromatic carbocycles. The molecule has 0 saturated heterocycles. The molecule has 1 amide bonds. The number of thiophene rings is 1. The van der Waals surface area contributed by atoms with Crippen LogP contribution in [-0.2, 0) is 0 Å². The zero-order valence-corrected chi connectivity index (χ0v) is 13.5. The van der Waals surface area contributed by atoms with Gasteiger partial charge in [0.15, 0.2) is 0 Å². The molecule has 0 aliphatic carbocycles. The first-order valence-electron chi connectivity index (χ1n) is 7.23. The molecule has 2 N–H and O–H groups in total. The SMILES string of the molecule is Cc1cnn(-c2ccc(C(=O)NCC(O)c3ccsc3)cc2)c1. The van der Waals surface area contributed by atoms with E-state index in [0.717, 1.165) is 16.8 Å². The minimum atomic E-state index is -0.684. The molecule has 0 radical (unpaired) electrons. The molecule has 1 unspecified atom stereocenters. The predicted octanol–water partition coefficient (Wildman–Crippen LogP) is 2.71. The zero-order chi connectivity index (χ0) is 16.2. The molecular weight excluding hydrogens is 310 g/mol. The van der Waals surface area contributed by atoms with Crippen molar-refractivity contribution in [2.45, 2.75) is 13.0 Å². The number of aromatic nitrogens is 2. The van der Waals surface area contributed by atoms with Crippen molar-refractivity contribution >= 4 is 17.2 Å². The van der Waals surface area contributed by atoms with Gasteiger partial charge in [0, 0.05) is 18.3 Å². The van der Waals surface area contributed by atoms with E-state index < -0.39 is 6.10 Å². The Hall–Kier alpha value is -2.44. The van der Waals surface area contributed by atoms with Crippen molar-refractivity contribution in [3.63, 3.8) is 0 Å². The van der Waals surface area contributed by atoms with Gasteiger partial charge in [0.05, 0.1) is 18.0 Å². The van der Waals surface area contributed by atoms with Crippen LogP contribution in [0.25, 0.3) is 5.69 Å². The van der Waals surface area contributed by atoms with E-state index in [4.69, 9.17) is 0 Å². The van der Waals surface area contributed by atoms with Crippen molar-refractivity contribution in [2.24, 2.45) is 0 Å². The van der Waals surface area contributed by atoms with E-state index in [2.05, 4.69) is 10.4 Å². The Morgan fingerprint density at radius 3 is 2.74 bits per heavy atom. The lowest BCUT2D eigenvalue weighted by atomic mass is 10.1. The van der Waals surface area contributed by atoms with Crippen molar-refractivity contribution < 1.29 is 9.90 Å². The highest BCUT2D eigenvalue weighted by molar-refractivity contribution is 7.07. The van der Waals surface area contributed by atoms with Crippen LogP contribution in [0.4, 0.5) is 0 Å². The molecular formula is C17H17N3O2S. The quantitative estimate of drug-likeness (QED) is 0.757. The minimum Gasteiger partial charge on any atom is -0.387 e. The molecule has 5 nitrogen and oxygen atoms in total. The maximum absolute atomic E-state index is 12.1. The summed E-state index contributed by atoms with van der Waals surface area (Å²) in [5, 5.41) is 20.7. The molecule has 23 heavy (non-hydrogen) atoms. The number of benzene rings is 1. The van der Waals surface area contributed by atoms with Crippen molar-refractivity contribution in [2.75, 3.05) is 6.54 Å². The van der Waals surface area contributed by atoms with Crippen LogP contribution in [0.3, 0.4) is 0 Å². The second-order valence-electron chi connectivity index (χ2n) is 5.29. The third-order valence-corrected chi connectivity index (χ3v) is 4.19. The fourth-order valence-corrected chi connectivity index (χ4v) is 2.90. The van der Waals surface area contributed by atoms with Crippen molar-refractivity contribution in [3.05, 3.63) is 70.2 Å². The highest BCUT2D eigenvalue weighted by Gasteiger charge is 2.11. The molecule has 118 valence electrons. The van der Waals surface area contributed by atoms with Gasteiger partial charge >= 0.3 is 0 Å². The molecule has 0 bridgehead atoms. The van der Waals surface area contributed by atoms with Gasteiger partial charge in [0.2, 0.25) is 0 Å². The van der Waals surface area contributed by atoms with Crippen LogP contribution in [0.1, 0.15) is 27.6 Å². The highest BCUT2D eigenvalue weighted by atomic mass is 32.1. The third-order valence-electron chi connectivity index (χ3n) is 3.49. The van der Waals surface area contributed by atoms with Crippen LogP contribution < -0.4 is 5.32 Å². The fourth-order valence-electron chi connectivity index (χ4n) is 2.19. The number of aliphatic hydroxyl groups excluding tert-OH is 1. The number of aryl methyl sites for hydroxylation is 1. The molecule has 3 rings (SSSR count). The largest absolute Gasteiger partial charge is 0.387 e. The first kappa shape index (κ1) is 15.5. The van der Waals surface area contributed by atoms with Gasteiger partial charge in [-0.15, -0.1) is 0 Å². The summed E-state index contributed by atoms with van der Waals surface area (Å²) < 4.78 is 1.76. The molecule has 2 aromatic heterocycles. The van der Waals surface area contributed by atoms with Crippen molar-refractivity contribution in [1.29, 1.82) is 0 Å². The van der Waals surface area contributed by atoms with Crippen molar-refractivity contribution in [3.8, 4) is 5.69 Å². The van der Waals surface area contributed by atoms with Crippen LogP contribution in [-0.4, -0.2) is 27.3 Å². The molecule has 2 heterocycles. The number of aliphatic hydroxyl groups is 1. The van der Waals surface area contributed by atoms with Gasteiger partial charge in [-0.1, -0.05) is 0 Å². The first-order chi connectivity index (χ1) is 11.1. The number of rotatable bonds is 5. The Labute approximate surface area is 138 Å². The summed E-state index contributed by atoms with van der Waals surface area (Å²) >= 11 is 1.52. The molecule has 3 aromatic rings. The molecule has 6 heteroatoms. The van der Waals surface area contributed by atoms with Gasteiger partial charge < -0.3 is 10.4 Å². The van der Waals surface area contributed by atoms with Crippen molar-refractivity contribution in [1.82, 2.24) is 15.1 Å². The topological polar surface area (TPSA) is 67.2 Å². The summed E-state index contributed by atoms with van der Waals surface area (Å²) in [5.41, 5.74) is 3.34. The van der Waals surface area contributed by atoms with Crippen LogP contribution in [0.15, 0.2) is 53.5 Å². The van der Waals surface area contributed by atoms with Gasteiger partial charge in [0.25, 0.3) is 5.91 Å². The maximum Gasteiger partial charge on any atom is 0.251 e. The van der Waals surface area contributed by atoms with E-state index in [1.54, 1.807) is 23.0 Å². The van der Waals surface area contributed by atoms with Gasteiger partial charge in [-0.25, -0.2) is 4.68 Å². The van der Waals surface area contributed by atoms with E-state index in [1.807, 2.05) is 42.1 Å². The number of nitrogens with one attached hydrogen (secondary N) is 1. The number of hydrogen-bond donors (Lipinski definition) is 2. The summed E-state index contributed by atoms with van der Waals surface area (Å²) in [5.74, 6) is -0.206. The lowest BCUT2D eigenvalue weighted by Gasteiger charge is -2.11. The molecule has 0 aliphatic rings. The van der Waals surface area contributed by atoms with Gasteiger partial charge in [-0.3, -0.25) is 4.79 Å². The second kappa shape index (κ2) is 6.76. The normalized spacial score (nSPS) is 12.1. The number of carbonyl (C=O) groups is 1. The molecule has 0 spiro atoms. The standard InChI is InChI=1S/C17H17N3O2S/c1-12-8-19-20(10-12)15-4-2-13(3-5-15)17(22)18-9-16(21)14-6-7-23-11-14/h2-8,10-11,16,21H,9H2,1H3,(H,18,22). The monoisotopic (exact) mass is 327 g/mol. The Morgan fingerprint density at radius 2 is 2.13 bits per heavy atom. The summed E-state index contributed by atoms with van der Waals surface area (Å²) in [6.07, 6.45) is 3.02. The average molecular weight is 327 g/mol. The average Bonchev–Trinajstić information content (AvgIpc) is 3.24. The van der Waals surface area contributed by atoms with E-state index in [1.165, 1.54) is 11.3 Å². The lowest BCUT2D eigenvalue weighted by Crippen LogP contribution is -2.28. The summed E-state index contributed by atoms with van der Waals surface area (Å²) in [7, 11) is 0. The number of nitrogens with zero attached hydrogens (tertiary/aromatic N) is 2. The van der Waals surface area contributed by atoms with Gasteiger partial charge in [0.1, 0.15) is 0 Å². The lowest BCUT2D eigenvalue weighted by molar-refractivity contribution is 0.0916. The Balaban J connectivity index is 1.61. The van der Waals surface area contributed by atoms with Crippen LogP contribution >= 0.6 is 11.3 Å². The maximum atomic E-state index is 12.1. The first-order valence-corrected chi connectivity index (χ1v) is 8.18. The van der Waals surface area contributed by atoms with E-state index in [0.29, 0.717) is 5.56 Å². The third kappa shape index (κ3) is 3.67. The highest BCUT2D eigenvalue weighted by Crippen LogP contribution is 2.15. The van der Waals surface area contributed by atoms with Crippen LogP contribution in [0.2, 0.25) is 0 Å². The number of carbonyl (C=O) groups excluding carboxylic acids is 1. The Kier molecular flexibility index (Phi) is 4.55. The summed E-state index contributed by atoms with van der Waals surface area (Å²) in [6, 6.07) is 9.03. The fraction of sp³-hybridized carbons (Fsp3) is 0.176. The van der Waals surface area contributed by atoms with E-state index >= 15 is 0 Å². The van der Waals surface area contributed by atoms with E-state index in [9.17, 15) is 9.90 Å².